The number of aromatic nitrogens is 2. The van der Waals surface area contributed by atoms with Gasteiger partial charge in [0, 0.05) is 31.5 Å². The molecule has 0 radical (unpaired) electrons. The van der Waals surface area contributed by atoms with Crippen molar-refractivity contribution in [3.05, 3.63) is 22.7 Å². The van der Waals surface area contributed by atoms with Gasteiger partial charge in [0.25, 0.3) is 5.56 Å². The van der Waals surface area contributed by atoms with Gasteiger partial charge in [-0.2, -0.15) is 0 Å². The lowest BCUT2D eigenvalue weighted by Gasteiger charge is -2.11. The zero-order valence-corrected chi connectivity index (χ0v) is 10.2. The highest BCUT2D eigenvalue weighted by Gasteiger charge is 2.05. The Balaban J connectivity index is 2.66. The third kappa shape index (κ3) is 3.34. The standard InChI is InChI=1S/C11H20N4O/c1-4-12-5-6-13-10-11(16)15(9(2)3)8-7-14-10/h7-9,12H,4-6H2,1-3H3,(H,13,14). The Morgan fingerprint density at radius 1 is 1.44 bits per heavy atom. The molecule has 5 nitrogen and oxygen atoms in total. The summed E-state index contributed by atoms with van der Waals surface area (Å²) in [6, 6.07) is 0.157. The molecular weight excluding hydrogens is 204 g/mol. The molecule has 90 valence electrons. The van der Waals surface area contributed by atoms with E-state index >= 15 is 0 Å². The first-order valence-electron chi connectivity index (χ1n) is 5.68. The molecule has 0 aliphatic heterocycles. The molecule has 0 saturated heterocycles. The Kier molecular flexibility index (Phi) is 4.98. The number of hydrogen-bond donors (Lipinski definition) is 2. The molecule has 0 atom stereocenters. The highest BCUT2D eigenvalue weighted by Crippen LogP contribution is 2.00. The summed E-state index contributed by atoms with van der Waals surface area (Å²) in [7, 11) is 0. The van der Waals surface area contributed by atoms with Crippen LogP contribution in [0.1, 0.15) is 26.8 Å². The summed E-state index contributed by atoms with van der Waals surface area (Å²) in [5, 5.41) is 6.21. The van der Waals surface area contributed by atoms with Gasteiger partial charge in [0.15, 0.2) is 5.82 Å². The molecule has 2 N–H and O–H groups in total. The summed E-state index contributed by atoms with van der Waals surface area (Å²) in [6.45, 7) is 8.46. The van der Waals surface area contributed by atoms with E-state index in [1.807, 2.05) is 20.8 Å². The van der Waals surface area contributed by atoms with Crippen molar-refractivity contribution in [1.29, 1.82) is 0 Å². The maximum Gasteiger partial charge on any atom is 0.293 e. The summed E-state index contributed by atoms with van der Waals surface area (Å²) in [4.78, 5) is 15.9. The molecule has 0 spiro atoms. The number of hydrogen-bond acceptors (Lipinski definition) is 4. The molecule has 5 heteroatoms. The van der Waals surface area contributed by atoms with Crippen LogP contribution in [-0.4, -0.2) is 29.2 Å². The van der Waals surface area contributed by atoms with Crippen LogP contribution in [0.5, 0.6) is 0 Å². The van der Waals surface area contributed by atoms with Gasteiger partial charge >= 0.3 is 0 Å². The fraction of sp³-hybridized carbons (Fsp3) is 0.636. The predicted octanol–water partition coefficient (Wildman–Crippen LogP) is 0.846. The SMILES string of the molecule is CCNCCNc1nccn(C(C)C)c1=O. The monoisotopic (exact) mass is 224 g/mol. The van der Waals surface area contributed by atoms with Crippen LogP contribution < -0.4 is 16.2 Å². The van der Waals surface area contributed by atoms with Gasteiger partial charge in [0.1, 0.15) is 0 Å². The molecule has 1 aromatic rings. The van der Waals surface area contributed by atoms with E-state index in [1.54, 1.807) is 17.0 Å². The van der Waals surface area contributed by atoms with Gasteiger partial charge in [-0.15, -0.1) is 0 Å². The molecule has 0 bridgehead atoms. The maximum absolute atomic E-state index is 11.9. The van der Waals surface area contributed by atoms with Crippen LogP contribution in [0.2, 0.25) is 0 Å². The number of nitrogens with one attached hydrogen (secondary N) is 2. The van der Waals surface area contributed by atoms with Gasteiger partial charge < -0.3 is 15.2 Å². The summed E-state index contributed by atoms with van der Waals surface area (Å²) in [5.74, 6) is 0.425. The zero-order chi connectivity index (χ0) is 12.0. The van der Waals surface area contributed by atoms with Crippen molar-refractivity contribution in [3.8, 4) is 0 Å². The quantitative estimate of drug-likeness (QED) is 0.703. The molecular formula is C11H20N4O. The fourth-order valence-corrected chi connectivity index (χ4v) is 1.40. The van der Waals surface area contributed by atoms with Crippen molar-refractivity contribution in [2.24, 2.45) is 0 Å². The molecule has 0 unspecified atom stereocenters. The Hall–Kier alpha value is -1.36. The van der Waals surface area contributed by atoms with Crippen molar-refractivity contribution < 1.29 is 0 Å². The van der Waals surface area contributed by atoms with Crippen LogP contribution in [0.15, 0.2) is 17.2 Å². The fourth-order valence-electron chi connectivity index (χ4n) is 1.40. The topological polar surface area (TPSA) is 59.0 Å². The summed E-state index contributed by atoms with van der Waals surface area (Å²) < 4.78 is 1.67. The Bertz CT molecular complexity index is 372. The Morgan fingerprint density at radius 2 is 2.19 bits per heavy atom. The van der Waals surface area contributed by atoms with Crippen LogP contribution in [0, 0.1) is 0 Å². The normalized spacial score (nSPS) is 10.8. The van der Waals surface area contributed by atoms with Gasteiger partial charge in [0.05, 0.1) is 0 Å². The van der Waals surface area contributed by atoms with Gasteiger partial charge in [-0.25, -0.2) is 4.98 Å². The van der Waals surface area contributed by atoms with E-state index in [0.717, 1.165) is 13.1 Å². The van der Waals surface area contributed by atoms with Crippen LogP contribution in [0.4, 0.5) is 5.82 Å². The van der Waals surface area contributed by atoms with E-state index in [2.05, 4.69) is 15.6 Å². The number of nitrogens with zero attached hydrogens (tertiary/aromatic N) is 2. The van der Waals surface area contributed by atoms with Crippen molar-refractivity contribution in [2.45, 2.75) is 26.8 Å². The highest BCUT2D eigenvalue weighted by atomic mass is 16.1. The van der Waals surface area contributed by atoms with E-state index in [4.69, 9.17) is 0 Å². The largest absolute Gasteiger partial charge is 0.364 e. The smallest absolute Gasteiger partial charge is 0.293 e. The average molecular weight is 224 g/mol. The first kappa shape index (κ1) is 12.7. The molecule has 1 heterocycles. The lowest BCUT2D eigenvalue weighted by Crippen LogP contribution is -2.28. The van der Waals surface area contributed by atoms with Gasteiger partial charge in [0.2, 0.25) is 0 Å². The summed E-state index contributed by atoms with van der Waals surface area (Å²) >= 11 is 0. The Labute approximate surface area is 95.9 Å². The second kappa shape index (κ2) is 6.27. The molecule has 0 aromatic carbocycles. The maximum atomic E-state index is 11.9. The number of anilines is 1. The van der Waals surface area contributed by atoms with Gasteiger partial charge in [-0.05, 0) is 20.4 Å². The molecule has 1 aromatic heterocycles. The van der Waals surface area contributed by atoms with Crippen molar-refractivity contribution in [1.82, 2.24) is 14.9 Å². The molecule has 0 fully saturated rings. The van der Waals surface area contributed by atoms with E-state index < -0.39 is 0 Å². The zero-order valence-electron chi connectivity index (χ0n) is 10.2. The van der Waals surface area contributed by atoms with E-state index in [-0.39, 0.29) is 11.6 Å². The summed E-state index contributed by atoms with van der Waals surface area (Å²) in [6.07, 6.45) is 3.36. The lowest BCUT2D eigenvalue weighted by molar-refractivity contribution is 0.575. The third-order valence-corrected chi connectivity index (χ3v) is 2.27. The van der Waals surface area contributed by atoms with Crippen LogP contribution >= 0.6 is 0 Å². The third-order valence-electron chi connectivity index (χ3n) is 2.27. The van der Waals surface area contributed by atoms with Gasteiger partial charge in [-0.1, -0.05) is 6.92 Å². The molecule has 1 rings (SSSR count). The molecule has 0 aliphatic rings. The average Bonchev–Trinajstić information content (AvgIpc) is 2.26. The predicted molar refractivity (Wildman–Crippen MR) is 65.9 cm³/mol. The van der Waals surface area contributed by atoms with Crippen LogP contribution in [-0.2, 0) is 0 Å². The minimum Gasteiger partial charge on any atom is -0.364 e. The van der Waals surface area contributed by atoms with Crippen LogP contribution in [0.25, 0.3) is 0 Å². The molecule has 0 amide bonds. The molecule has 0 aliphatic carbocycles. The van der Waals surface area contributed by atoms with E-state index in [1.165, 1.54) is 0 Å². The first-order valence-corrected chi connectivity index (χ1v) is 5.68. The van der Waals surface area contributed by atoms with Gasteiger partial charge in [-0.3, -0.25) is 4.79 Å². The minimum absolute atomic E-state index is 0.0611. The highest BCUT2D eigenvalue weighted by molar-refractivity contribution is 5.30. The van der Waals surface area contributed by atoms with Crippen molar-refractivity contribution in [2.75, 3.05) is 25.0 Å². The first-order chi connectivity index (χ1) is 7.66. The number of rotatable bonds is 6. The number of likely N-dealkylation sites (N-methyl/N-ethyl adjacent to an activating group) is 1. The molecule has 16 heavy (non-hydrogen) atoms. The summed E-state index contributed by atoms with van der Waals surface area (Å²) in [5.41, 5.74) is -0.0611. The van der Waals surface area contributed by atoms with Crippen molar-refractivity contribution >= 4 is 5.82 Å². The van der Waals surface area contributed by atoms with E-state index in [9.17, 15) is 4.79 Å². The van der Waals surface area contributed by atoms with Crippen molar-refractivity contribution in [3.63, 3.8) is 0 Å². The second-order valence-electron chi connectivity index (χ2n) is 3.86. The minimum atomic E-state index is -0.0611. The molecule has 0 saturated carbocycles. The lowest BCUT2D eigenvalue weighted by atomic mass is 10.4. The second-order valence-corrected chi connectivity index (χ2v) is 3.86. The Morgan fingerprint density at radius 3 is 2.81 bits per heavy atom. The van der Waals surface area contributed by atoms with Crippen LogP contribution in [0.3, 0.4) is 0 Å². The van der Waals surface area contributed by atoms with E-state index in [0.29, 0.717) is 12.4 Å².